The van der Waals surface area contributed by atoms with Crippen molar-refractivity contribution in [2.75, 3.05) is 13.1 Å². The summed E-state index contributed by atoms with van der Waals surface area (Å²) in [5.74, 6) is -0.322. The first-order chi connectivity index (χ1) is 11.0. The summed E-state index contributed by atoms with van der Waals surface area (Å²) >= 11 is 0. The van der Waals surface area contributed by atoms with Gasteiger partial charge in [-0.2, -0.15) is 0 Å². The van der Waals surface area contributed by atoms with Gasteiger partial charge in [0, 0.05) is 12.3 Å². The lowest BCUT2D eigenvalue weighted by Crippen LogP contribution is -2.32. The number of aryl methyl sites for hydroxylation is 1. The predicted molar refractivity (Wildman–Crippen MR) is 81.7 cm³/mol. The van der Waals surface area contributed by atoms with Crippen LogP contribution in [0.3, 0.4) is 0 Å². The van der Waals surface area contributed by atoms with Gasteiger partial charge in [-0.15, -0.1) is 0 Å². The number of rotatable bonds is 3. The summed E-state index contributed by atoms with van der Waals surface area (Å²) in [6, 6.07) is 9.29. The minimum absolute atomic E-state index is 0.162. The van der Waals surface area contributed by atoms with Crippen molar-refractivity contribution in [3.63, 3.8) is 0 Å². The summed E-state index contributed by atoms with van der Waals surface area (Å²) in [4.78, 5) is 18.1. The Balaban J connectivity index is 1.71. The minimum atomic E-state index is -0.828. The van der Waals surface area contributed by atoms with E-state index in [0.717, 1.165) is 5.56 Å². The molecule has 2 atom stereocenters. The van der Waals surface area contributed by atoms with Gasteiger partial charge < -0.3 is 14.7 Å². The Bertz CT molecular complexity index is 722. The second kappa shape index (κ2) is 6.34. The number of ether oxygens (including phenoxy) is 1. The molecule has 2 heterocycles. The summed E-state index contributed by atoms with van der Waals surface area (Å²) < 4.78 is 18.8. The molecule has 1 aliphatic rings. The highest BCUT2D eigenvalue weighted by atomic mass is 19.1. The maximum Gasteiger partial charge on any atom is 0.272 e. The molecule has 1 saturated heterocycles. The number of halogens is 1. The third kappa shape index (κ3) is 3.32. The molecule has 1 N–H and O–H groups in total. The molecule has 0 spiro atoms. The Hall–Kier alpha value is -2.47. The van der Waals surface area contributed by atoms with E-state index in [4.69, 9.17) is 4.74 Å². The molecule has 6 heteroatoms. The zero-order chi connectivity index (χ0) is 16.4. The molecule has 120 valence electrons. The van der Waals surface area contributed by atoms with E-state index in [-0.39, 0.29) is 19.0 Å². The lowest BCUT2D eigenvalue weighted by atomic mass is 10.2. The van der Waals surface area contributed by atoms with Gasteiger partial charge in [-0.1, -0.05) is 12.1 Å². The number of aromatic nitrogens is 1. The quantitative estimate of drug-likeness (QED) is 0.938. The fourth-order valence-corrected chi connectivity index (χ4v) is 2.61. The van der Waals surface area contributed by atoms with Crippen molar-refractivity contribution in [1.82, 2.24) is 9.88 Å². The molecule has 1 fully saturated rings. The molecule has 1 aromatic heterocycles. The van der Waals surface area contributed by atoms with Gasteiger partial charge in [-0.3, -0.25) is 9.78 Å². The number of likely N-dealkylation sites (tertiary alicyclic amines) is 1. The fourth-order valence-electron chi connectivity index (χ4n) is 2.61. The molecule has 1 amide bonds. The summed E-state index contributed by atoms with van der Waals surface area (Å²) in [5, 5.41) is 10.1. The zero-order valence-electron chi connectivity index (χ0n) is 12.6. The van der Waals surface area contributed by atoms with E-state index in [1.165, 1.54) is 23.1 Å². The Morgan fingerprint density at radius 1 is 1.35 bits per heavy atom. The Kier molecular flexibility index (Phi) is 4.25. The van der Waals surface area contributed by atoms with Crippen LogP contribution in [0.25, 0.3) is 0 Å². The molecule has 0 unspecified atom stereocenters. The van der Waals surface area contributed by atoms with Crippen LogP contribution in [0.1, 0.15) is 16.1 Å². The van der Waals surface area contributed by atoms with Gasteiger partial charge in [0.15, 0.2) is 0 Å². The van der Waals surface area contributed by atoms with E-state index < -0.39 is 18.0 Å². The Labute approximate surface area is 133 Å². The molecule has 1 aromatic carbocycles. The molecule has 5 nitrogen and oxygen atoms in total. The van der Waals surface area contributed by atoms with E-state index in [9.17, 15) is 14.3 Å². The molecule has 0 aliphatic carbocycles. The minimum Gasteiger partial charge on any atom is -0.486 e. The van der Waals surface area contributed by atoms with Crippen LogP contribution in [0, 0.1) is 12.7 Å². The summed E-state index contributed by atoms with van der Waals surface area (Å²) in [5.41, 5.74) is 1.15. The van der Waals surface area contributed by atoms with E-state index in [2.05, 4.69) is 4.98 Å². The van der Waals surface area contributed by atoms with Gasteiger partial charge in [-0.25, -0.2) is 4.39 Å². The number of benzene rings is 1. The SMILES string of the molecule is Cc1cccnc1C(=O)N1C[C@@H](O)[C@H](Oc2cccc(F)c2)C1. The number of nitrogens with zero attached hydrogens (tertiary/aromatic N) is 2. The monoisotopic (exact) mass is 316 g/mol. The van der Waals surface area contributed by atoms with E-state index in [1.807, 2.05) is 13.0 Å². The van der Waals surface area contributed by atoms with Gasteiger partial charge >= 0.3 is 0 Å². The van der Waals surface area contributed by atoms with Gasteiger partial charge in [0.1, 0.15) is 29.5 Å². The number of carbonyl (C=O) groups excluding carboxylic acids is 1. The summed E-state index contributed by atoms with van der Waals surface area (Å²) in [6.07, 6.45) is 0.143. The average Bonchev–Trinajstić information content (AvgIpc) is 2.88. The van der Waals surface area contributed by atoms with E-state index in [0.29, 0.717) is 11.4 Å². The van der Waals surface area contributed by atoms with Crippen molar-refractivity contribution >= 4 is 5.91 Å². The third-order valence-electron chi connectivity index (χ3n) is 3.82. The number of amides is 1. The number of pyridine rings is 1. The summed E-state index contributed by atoms with van der Waals surface area (Å²) in [7, 11) is 0. The maximum atomic E-state index is 13.2. The van der Waals surface area contributed by atoms with Crippen LogP contribution >= 0.6 is 0 Å². The van der Waals surface area contributed by atoms with Gasteiger partial charge in [0.05, 0.1) is 13.1 Å². The average molecular weight is 316 g/mol. The normalized spacial score (nSPS) is 20.6. The number of aliphatic hydroxyl groups excluding tert-OH is 1. The first-order valence-electron chi connectivity index (χ1n) is 7.36. The molecular weight excluding hydrogens is 299 g/mol. The topological polar surface area (TPSA) is 62.7 Å². The van der Waals surface area contributed by atoms with Gasteiger partial charge in [0.2, 0.25) is 0 Å². The molecule has 1 aliphatic heterocycles. The van der Waals surface area contributed by atoms with Crippen molar-refractivity contribution in [3.8, 4) is 5.75 Å². The first kappa shape index (κ1) is 15.4. The van der Waals surface area contributed by atoms with Crippen molar-refractivity contribution in [2.24, 2.45) is 0 Å². The van der Waals surface area contributed by atoms with Gasteiger partial charge in [0.25, 0.3) is 5.91 Å². The van der Waals surface area contributed by atoms with Crippen LogP contribution in [-0.4, -0.2) is 46.2 Å². The molecule has 0 radical (unpaired) electrons. The largest absolute Gasteiger partial charge is 0.486 e. The van der Waals surface area contributed by atoms with Crippen LogP contribution in [0.15, 0.2) is 42.6 Å². The number of hydrogen-bond donors (Lipinski definition) is 1. The Morgan fingerprint density at radius 3 is 2.91 bits per heavy atom. The maximum absolute atomic E-state index is 13.2. The van der Waals surface area contributed by atoms with Crippen molar-refractivity contribution in [2.45, 2.75) is 19.1 Å². The van der Waals surface area contributed by atoms with Gasteiger partial charge in [-0.05, 0) is 30.7 Å². The lowest BCUT2D eigenvalue weighted by molar-refractivity contribution is 0.0727. The smallest absolute Gasteiger partial charge is 0.272 e. The number of β-amino-alcohol motifs (C(OH)–C–C–N with tert-alkyl or cyclic N) is 1. The van der Waals surface area contributed by atoms with Crippen molar-refractivity contribution in [3.05, 3.63) is 59.7 Å². The Morgan fingerprint density at radius 2 is 2.17 bits per heavy atom. The lowest BCUT2D eigenvalue weighted by Gasteiger charge is -2.17. The van der Waals surface area contributed by atoms with E-state index >= 15 is 0 Å². The molecular formula is C17H17FN2O3. The molecule has 3 rings (SSSR count). The van der Waals surface area contributed by atoms with Crippen LogP contribution in [0.2, 0.25) is 0 Å². The van der Waals surface area contributed by atoms with Crippen LogP contribution in [-0.2, 0) is 0 Å². The molecule has 0 saturated carbocycles. The number of hydrogen-bond acceptors (Lipinski definition) is 4. The standard InChI is InChI=1S/C17H17FN2O3/c1-11-4-3-7-19-16(11)17(22)20-9-14(21)15(10-20)23-13-6-2-5-12(18)8-13/h2-8,14-15,21H,9-10H2,1H3/t14-,15-/m1/s1. The van der Waals surface area contributed by atoms with Crippen molar-refractivity contribution < 1.29 is 19.0 Å². The fraction of sp³-hybridized carbons (Fsp3) is 0.294. The van der Waals surface area contributed by atoms with Crippen molar-refractivity contribution in [1.29, 1.82) is 0 Å². The zero-order valence-corrected chi connectivity index (χ0v) is 12.6. The highest BCUT2D eigenvalue weighted by Crippen LogP contribution is 2.21. The molecule has 2 aromatic rings. The highest BCUT2D eigenvalue weighted by molar-refractivity contribution is 5.93. The second-order valence-electron chi connectivity index (χ2n) is 5.56. The molecule has 23 heavy (non-hydrogen) atoms. The number of carbonyl (C=O) groups is 1. The number of aliphatic hydroxyl groups is 1. The second-order valence-corrected chi connectivity index (χ2v) is 5.56. The highest BCUT2D eigenvalue weighted by Gasteiger charge is 2.36. The summed E-state index contributed by atoms with van der Waals surface area (Å²) in [6.45, 7) is 2.20. The van der Waals surface area contributed by atoms with E-state index in [1.54, 1.807) is 18.3 Å². The first-order valence-corrected chi connectivity index (χ1v) is 7.36. The van der Waals surface area contributed by atoms with Crippen LogP contribution < -0.4 is 4.74 Å². The van der Waals surface area contributed by atoms with Crippen LogP contribution in [0.4, 0.5) is 4.39 Å². The third-order valence-corrected chi connectivity index (χ3v) is 3.82. The van der Waals surface area contributed by atoms with Crippen LogP contribution in [0.5, 0.6) is 5.75 Å². The predicted octanol–water partition coefficient (Wildman–Crippen LogP) is 1.79. The molecule has 0 bridgehead atoms.